The van der Waals surface area contributed by atoms with E-state index in [2.05, 4.69) is 10.1 Å². The SMILES string of the molecule is Nc1ccc2c(ccn2Cc2noc(-c3ccccc3)n2)c1C(F)(F)F. The summed E-state index contributed by atoms with van der Waals surface area (Å²) in [5, 5.41) is 3.95. The second kappa shape index (κ2) is 5.91. The van der Waals surface area contributed by atoms with Crippen LogP contribution in [0, 0.1) is 0 Å². The minimum absolute atomic E-state index is 0.0456. The number of hydrogen-bond donors (Lipinski definition) is 1. The highest BCUT2D eigenvalue weighted by atomic mass is 19.4. The fourth-order valence-corrected chi connectivity index (χ4v) is 2.91. The first-order chi connectivity index (χ1) is 12.4. The van der Waals surface area contributed by atoms with Gasteiger partial charge in [0.05, 0.1) is 12.1 Å². The van der Waals surface area contributed by atoms with Gasteiger partial charge in [0.25, 0.3) is 5.89 Å². The number of nitrogens with two attached hydrogens (primary N) is 1. The van der Waals surface area contributed by atoms with Crippen molar-refractivity contribution in [2.75, 3.05) is 5.73 Å². The number of alkyl halides is 3. The number of anilines is 1. The maximum absolute atomic E-state index is 13.3. The van der Waals surface area contributed by atoms with Gasteiger partial charge in [-0.1, -0.05) is 23.4 Å². The first-order valence-corrected chi connectivity index (χ1v) is 7.76. The number of fused-ring (bicyclic) bond motifs is 1. The summed E-state index contributed by atoms with van der Waals surface area (Å²) in [5.74, 6) is 0.726. The monoisotopic (exact) mass is 358 g/mol. The highest BCUT2D eigenvalue weighted by Gasteiger charge is 2.35. The molecule has 2 aromatic heterocycles. The van der Waals surface area contributed by atoms with Crippen molar-refractivity contribution >= 4 is 16.6 Å². The molecule has 0 fully saturated rings. The minimum atomic E-state index is -4.53. The molecule has 0 atom stereocenters. The number of nitrogen functional groups attached to an aromatic ring is 1. The highest BCUT2D eigenvalue weighted by Crippen LogP contribution is 2.39. The van der Waals surface area contributed by atoms with Crippen LogP contribution in [0.2, 0.25) is 0 Å². The number of halogens is 3. The molecule has 4 rings (SSSR count). The van der Waals surface area contributed by atoms with Crippen LogP contribution >= 0.6 is 0 Å². The Bertz CT molecular complexity index is 1070. The summed E-state index contributed by atoms with van der Waals surface area (Å²) in [7, 11) is 0. The predicted molar refractivity (Wildman–Crippen MR) is 90.2 cm³/mol. The maximum Gasteiger partial charge on any atom is 0.419 e. The Morgan fingerprint density at radius 2 is 1.81 bits per heavy atom. The van der Waals surface area contributed by atoms with Crippen molar-refractivity contribution in [1.29, 1.82) is 0 Å². The largest absolute Gasteiger partial charge is 0.419 e. The van der Waals surface area contributed by atoms with E-state index in [1.165, 1.54) is 12.1 Å². The lowest BCUT2D eigenvalue weighted by Crippen LogP contribution is -2.09. The molecule has 0 aliphatic heterocycles. The van der Waals surface area contributed by atoms with Crippen LogP contribution in [0.25, 0.3) is 22.4 Å². The van der Waals surface area contributed by atoms with E-state index < -0.39 is 11.7 Å². The molecule has 0 radical (unpaired) electrons. The van der Waals surface area contributed by atoms with Crippen LogP contribution in [0.3, 0.4) is 0 Å². The van der Waals surface area contributed by atoms with Gasteiger partial charge in [0.1, 0.15) is 0 Å². The van der Waals surface area contributed by atoms with Crippen molar-refractivity contribution < 1.29 is 17.7 Å². The molecule has 5 nitrogen and oxygen atoms in total. The van der Waals surface area contributed by atoms with Crippen molar-refractivity contribution in [3.8, 4) is 11.5 Å². The Morgan fingerprint density at radius 1 is 1.04 bits per heavy atom. The zero-order chi connectivity index (χ0) is 18.3. The van der Waals surface area contributed by atoms with E-state index in [0.29, 0.717) is 17.2 Å². The molecule has 0 amide bonds. The Morgan fingerprint density at radius 3 is 2.54 bits per heavy atom. The highest BCUT2D eigenvalue weighted by molar-refractivity contribution is 5.88. The van der Waals surface area contributed by atoms with E-state index in [0.717, 1.165) is 5.56 Å². The molecule has 0 aliphatic rings. The molecule has 0 saturated carbocycles. The molecule has 0 saturated heterocycles. The summed E-state index contributed by atoms with van der Waals surface area (Å²) in [6.45, 7) is 0.182. The standard InChI is InChI=1S/C18H13F3N4O/c19-18(20,21)16-12-8-9-25(14(12)7-6-13(16)22)10-15-23-17(26-24-15)11-4-2-1-3-5-11/h1-9H,10,22H2. The zero-order valence-corrected chi connectivity index (χ0v) is 13.4. The molecule has 0 spiro atoms. The first kappa shape index (κ1) is 16.2. The lowest BCUT2D eigenvalue weighted by molar-refractivity contribution is -0.135. The van der Waals surface area contributed by atoms with Gasteiger partial charge in [0.15, 0.2) is 5.82 Å². The van der Waals surface area contributed by atoms with E-state index in [9.17, 15) is 13.2 Å². The molecule has 2 N–H and O–H groups in total. The van der Waals surface area contributed by atoms with Crippen LogP contribution in [0.15, 0.2) is 59.3 Å². The lowest BCUT2D eigenvalue weighted by atomic mass is 10.1. The molecule has 0 aliphatic carbocycles. The van der Waals surface area contributed by atoms with Crippen LogP contribution in [0.1, 0.15) is 11.4 Å². The molecular weight excluding hydrogens is 345 g/mol. The van der Waals surface area contributed by atoms with E-state index in [4.69, 9.17) is 10.3 Å². The molecule has 8 heteroatoms. The summed E-state index contributed by atoms with van der Waals surface area (Å²) >= 11 is 0. The summed E-state index contributed by atoms with van der Waals surface area (Å²) in [4.78, 5) is 4.31. The topological polar surface area (TPSA) is 69.9 Å². The Kier molecular flexibility index (Phi) is 3.68. The summed E-state index contributed by atoms with van der Waals surface area (Å²) < 4.78 is 46.7. The van der Waals surface area contributed by atoms with Crippen LogP contribution in [-0.4, -0.2) is 14.7 Å². The average Bonchev–Trinajstić information content (AvgIpc) is 3.22. The third-order valence-electron chi connectivity index (χ3n) is 4.07. The van der Waals surface area contributed by atoms with E-state index in [1.54, 1.807) is 16.8 Å². The maximum atomic E-state index is 13.3. The van der Waals surface area contributed by atoms with Gasteiger partial charge in [-0.25, -0.2) is 0 Å². The number of nitrogens with zero attached hydrogens (tertiary/aromatic N) is 3. The van der Waals surface area contributed by atoms with Gasteiger partial charge < -0.3 is 14.8 Å². The third kappa shape index (κ3) is 2.79. The van der Waals surface area contributed by atoms with E-state index in [1.807, 2.05) is 30.3 Å². The van der Waals surface area contributed by atoms with Gasteiger partial charge in [-0.05, 0) is 30.3 Å². The quantitative estimate of drug-likeness (QED) is 0.553. The van der Waals surface area contributed by atoms with Crippen LogP contribution in [-0.2, 0) is 12.7 Å². The normalized spacial score (nSPS) is 12.0. The third-order valence-corrected chi connectivity index (χ3v) is 4.07. The number of benzene rings is 2. The van der Waals surface area contributed by atoms with Crippen LogP contribution in [0.5, 0.6) is 0 Å². The molecule has 26 heavy (non-hydrogen) atoms. The van der Waals surface area contributed by atoms with E-state index >= 15 is 0 Å². The number of aromatic nitrogens is 3. The summed E-state index contributed by atoms with van der Waals surface area (Å²) in [6.07, 6.45) is -2.97. The minimum Gasteiger partial charge on any atom is -0.398 e. The van der Waals surface area contributed by atoms with Gasteiger partial charge in [-0.15, -0.1) is 0 Å². The molecule has 0 bridgehead atoms. The van der Waals surface area contributed by atoms with Gasteiger partial charge in [0, 0.05) is 28.4 Å². The van der Waals surface area contributed by atoms with E-state index in [-0.39, 0.29) is 17.6 Å². The lowest BCUT2D eigenvalue weighted by Gasteiger charge is -2.12. The first-order valence-electron chi connectivity index (χ1n) is 7.76. The fraction of sp³-hybridized carbons (Fsp3) is 0.111. The van der Waals surface area contributed by atoms with Crippen molar-refractivity contribution in [3.63, 3.8) is 0 Å². The van der Waals surface area contributed by atoms with Gasteiger partial charge in [-0.3, -0.25) is 0 Å². The van der Waals surface area contributed by atoms with Gasteiger partial charge in [0.2, 0.25) is 0 Å². The molecule has 0 unspecified atom stereocenters. The molecule has 4 aromatic rings. The molecular formula is C18H13F3N4O. The second-order valence-corrected chi connectivity index (χ2v) is 5.79. The summed E-state index contributed by atoms with van der Waals surface area (Å²) in [6, 6.07) is 13.4. The van der Waals surface area contributed by atoms with Gasteiger partial charge in [-0.2, -0.15) is 18.2 Å². The summed E-state index contributed by atoms with van der Waals surface area (Å²) in [5.41, 5.74) is 5.58. The van der Waals surface area contributed by atoms with Crippen molar-refractivity contribution in [3.05, 3.63) is 66.1 Å². The molecule has 2 aromatic carbocycles. The Labute approximate surface area is 145 Å². The Hall–Kier alpha value is -3.29. The van der Waals surface area contributed by atoms with Crippen LogP contribution in [0.4, 0.5) is 18.9 Å². The van der Waals surface area contributed by atoms with Crippen LogP contribution < -0.4 is 5.73 Å². The number of rotatable bonds is 3. The Balaban J connectivity index is 1.70. The zero-order valence-electron chi connectivity index (χ0n) is 13.4. The van der Waals surface area contributed by atoms with Crippen molar-refractivity contribution in [1.82, 2.24) is 14.7 Å². The smallest absolute Gasteiger partial charge is 0.398 e. The fourth-order valence-electron chi connectivity index (χ4n) is 2.91. The predicted octanol–water partition coefficient (Wildman–Crippen LogP) is 4.34. The van der Waals surface area contributed by atoms with Gasteiger partial charge >= 0.3 is 6.18 Å². The molecule has 132 valence electrons. The number of hydrogen-bond acceptors (Lipinski definition) is 4. The average molecular weight is 358 g/mol. The van der Waals surface area contributed by atoms with Crippen molar-refractivity contribution in [2.24, 2.45) is 0 Å². The second-order valence-electron chi connectivity index (χ2n) is 5.79. The molecule has 2 heterocycles. The van der Waals surface area contributed by atoms with Crippen molar-refractivity contribution in [2.45, 2.75) is 12.7 Å².